The summed E-state index contributed by atoms with van der Waals surface area (Å²) in [6.07, 6.45) is 8.13. The van der Waals surface area contributed by atoms with Gasteiger partial charge in [-0.3, -0.25) is 44.2 Å². The maximum Gasteiger partial charge on any atom is 0.270 e. The third-order valence-corrected chi connectivity index (χ3v) is 11.3. The molecule has 3 aliphatic rings. The molecule has 14 nitrogen and oxygen atoms in total. The molecule has 5 amide bonds. The molecule has 0 radical (unpaired) electrons. The second-order valence-corrected chi connectivity index (χ2v) is 14.8. The predicted molar refractivity (Wildman–Crippen MR) is 214 cm³/mol. The van der Waals surface area contributed by atoms with E-state index < -0.39 is 11.9 Å². The number of nitrogens with zero attached hydrogens (tertiary/aromatic N) is 7. The zero-order chi connectivity index (χ0) is 40.1. The average Bonchev–Trinajstić information content (AvgIpc) is 3.79. The Morgan fingerprint density at radius 2 is 1.71 bits per heavy atom. The van der Waals surface area contributed by atoms with Gasteiger partial charge >= 0.3 is 0 Å². The Hall–Kier alpha value is -7.09. The van der Waals surface area contributed by atoms with Crippen LogP contribution in [-0.4, -0.2) is 76.4 Å². The van der Waals surface area contributed by atoms with E-state index in [1.807, 2.05) is 47.5 Å². The van der Waals surface area contributed by atoms with Gasteiger partial charge in [0.15, 0.2) is 0 Å². The predicted octanol–water partition coefficient (Wildman–Crippen LogP) is 4.84. The Balaban J connectivity index is 0.888. The highest BCUT2D eigenvalue weighted by Gasteiger charge is 2.40. The lowest BCUT2D eigenvalue weighted by Crippen LogP contribution is -2.52. The summed E-state index contributed by atoms with van der Waals surface area (Å²) in [4.78, 5) is 85.2. The number of hydrogen-bond donors (Lipinski definition) is 2. The SMILES string of the molecule is CCc1nc(-c2cccc3cc(-c4ccc(C(=O)NCc5cncc(-c6cccc7c6CN(C6CCC(=O)NC6=O)C7=O)c5)nc4)ncc23)c2n1CCN(C(C)=O)C2. The van der Waals surface area contributed by atoms with Crippen LogP contribution in [0.3, 0.4) is 0 Å². The van der Waals surface area contributed by atoms with Crippen LogP contribution in [-0.2, 0) is 47.0 Å². The highest BCUT2D eigenvalue weighted by Crippen LogP contribution is 2.36. The first kappa shape index (κ1) is 36.5. The van der Waals surface area contributed by atoms with Crippen molar-refractivity contribution in [3.8, 4) is 33.6 Å². The molecule has 6 aromatic rings. The summed E-state index contributed by atoms with van der Waals surface area (Å²) in [6, 6.07) is 18.3. The molecule has 1 unspecified atom stereocenters. The molecule has 1 saturated heterocycles. The minimum Gasteiger partial charge on any atom is -0.347 e. The Labute approximate surface area is 333 Å². The van der Waals surface area contributed by atoms with E-state index in [4.69, 9.17) is 9.97 Å². The van der Waals surface area contributed by atoms with Crippen molar-refractivity contribution in [3.05, 3.63) is 119 Å². The third kappa shape index (κ3) is 6.55. The number of carbonyl (C=O) groups is 5. The van der Waals surface area contributed by atoms with E-state index in [1.54, 1.807) is 43.7 Å². The van der Waals surface area contributed by atoms with Crippen molar-refractivity contribution < 1.29 is 24.0 Å². The number of amides is 5. The Morgan fingerprint density at radius 1 is 0.879 bits per heavy atom. The fraction of sp³-hybridized carbons (Fsp3) is 0.250. The van der Waals surface area contributed by atoms with Gasteiger partial charge in [0.05, 0.1) is 23.6 Å². The maximum absolute atomic E-state index is 13.4. The summed E-state index contributed by atoms with van der Waals surface area (Å²) in [5, 5.41) is 7.22. The van der Waals surface area contributed by atoms with E-state index in [9.17, 15) is 24.0 Å². The molecule has 290 valence electrons. The molecule has 1 fully saturated rings. The average molecular weight is 774 g/mol. The molecule has 58 heavy (non-hydrogen) atoms. The van der Waals surface area contributed by atoms with Crippen LogP contribution < -0.4 is 10.6 Å². The molecule has 0 spiro atoms. The number of imide groups is 1. The number of nitrogens with one attached hydrogen (secondary N) is 2. The molecular weight excluding hydrogens is 735 g/mol. The molecule has 7 heterocycles. The zero-order valence-electron chi connectivity index (χ0n) is 32.0. The van der Waals surface area contributed by atoms with Gasteiger partial charge in [-0.05, 0) is 58.8 Å². The van der Waals surface area contributed by atoms with Crippen molar-refractivity contribution in [1.82, 2.24) is 44.9 Å². The first-order valence-corrected chi connectivity index (χ1v) is 19.3. The van der Waals surface area contributed by atoms with Gasteiger partial charge in [-0.15, -0.1) is 0 Å². The van der Waals surface area contributed by atoms with E-state index in [2.05, 4.69) is 38.2 Å². The number of hydrogen-bond acceptors (Lipinski definition) is 9. The van der Waals surface area contributed by atoms with Gasteiger partial charge in [0.2, 0.25) is 17.7 Å². The minimum absolute atomic E-state index is 0.0516. The van der Waals surface area contributed by atoms with Crippen LogP contribution in [0.1, 0.15) is 70.2 Å². The van der Waals surface area contributed by atoms with E-state index in [1.165, 1.54) is 4.90 Å². The van der Waals surface area contributed by atoms with Crippen LogP contribution >= 0.6 is 0 Å². The summed E-state index contributed by atoms with van der Waals surface area (Å²) in [5.41, 5.74) is 8.24. The van der Waals surface area contributed by atoms with E-state index in [0.29, 0.717) is 24.3 Å². The van der Waals surface area contributed by atoms with Gasteiger partial charge in [-0.25, -0.2) is 4.98 Å². The summed E-state index contributed by atoms with van der Waals surface area (Å²) in [5.74, 6) is -0.326. The number of imidazole rings is 1. The first-order chi connectivity index (χ1) is 28.2. The highest BCUT2D eigenvalue weighted by molar-refractivity contribution is 6.06. The molecule has 0 bridgehead atoms. The second kappa shape index (κ2) is 14.8. The van der Waals surface area contributed by atoms with Crippen LogP contribution in [0.15, 0.2) is 85.5 Å². The van der Waals surface area contributed by atoms with Gasteiger partial charge in [0.1, 0.15) is 17.6 Å². The molecule has 1 atom stereocenters. The fourth-order valence-corrected chi connectivity index (χ4v) is 8.27. The largest absolute Gasteiger partial charge is 0.347 e. The van der Waals surface area contributed by atoms with Crippen molar-refractivity contribution in [2.75, 3.05) is 6.54 Å². The second-order valence-electron chi connectivity index (χ2n) is 14.8. The zero-order valence-corrected chi connectivity index (χ0v) is 32.0. The quantitative estimate of drug-likeness (QED) is 0.206. The Kier molecular flexibility index (Phi) is 9.31. The van der Waals surface area contributed by atoms with Crippen molar-refractivity contribution in [2.45, 2.75) is 65.3 Å². The lowest BCUT2D eigenvalue weighted by molar-refractivity contribution is -0.137. The smallest absolute Gasteiger partial charge is 0.270 e. The topological polar surface area (TPSA) is 172 Å². The summed E-state index contributed by atoms with van der Waals surface area (Å²) < 4.78 is 2.24. The lowest BCUT2D eigenvalue weighted by Gasteiger charge is -2.29. The van der Waals surface area contributed by atoms with Gasteiger partial charge in [0, 0.05) is 98.4 Å². The molecule has 9 rings (SSSR count). The molecule has 3 aliphatic heterocycles. The highest BCUT2D eigenvalue weighted by atomic mass is 16.2. The van der Waals surface area contributed by atoms with Crippen LogP contribution in [0, 0.1) is 0 Å². The van der Waals surface area contributed by atoms with Gasteiger partial charge in [0.25, 0.3) is 11.8 Å². The van der Waals surface area contributed by atoms with Crippen LogP contribution in [0.4, 0.5) is 0 Å². The molecule has 0 aliphatic carbocycles. The summed E-state index contributed by atoms with van der Waals surface area (Å²) >= 11 is 0. The fourth-order valence-electron chi connectivity index (χ4n) is 8.27. The van der Waals surface area contributed by atoms with E-state index >= 15 is 0 Å². The first-order valence-electron chi connectivity index (χ1n) is 19.3. The number of fused-ring (bicyclic) bond motifs is 3. The standard InChI is InChI=1S/C44H39N9O5/c1-3-39-49-41(38-24-51(25(2)54)14-15-52(38)39)31-8-4-6-27-17-36(47-22-33(27)31)28-10-11-35(46-21-28)42(56)48-19-26-16-29(20-45-18-26)30-7-5-9-32-34(30)23-53(44(32)58)37-12-13-40(55)50-43(37)57/h4-11,16-18,20-22,37H,3,12-15,19,23-24H2,1-2H3,(H,48,56)(H,50,55,57). The van der Waals surface area contributed by atoms with Crippen LogP contribution in [0.25, 0.3) is 44.4 Å². The molecular formula is C44H39N9O5. The van der Waals surface area contributed by atoms with Crippen molar-refractivity contribution >= 4 is 40.3 Å². The van der Waals surface area contributed by atoms with Crippen molar-refractivity contribution in [2.24, 2.45) is 0 Å². The monoisotopic (exact) mass is 773 g/mol. The Bertz CT molecular complexity index is 2690. The number of carbonyl (C=O) groups excluding carboxylic acids is 5. The summed E-state index contributed by atoms with van der Waals surface area (Å²) in [7, 11) is 0. The number of pyridine rings is 3. The maximum atomic E-state index is 13.4. The molecule has 14 heteroatoms. The van der Waals surface area contributed by atoms with E-state index in [-0.39, 0.29) is 55.3 Å². The number of aryl methyl sites for hydroxylation is 1. The summed E-state index contributed by atoms with van der Waals surface area (Å²) in [6.45, 7) is 6.04. The van der Waals surface area contributed by atoms with Gasteiger partial charge in [-0.1, -0.05) is 37.3 Å². The number of aromatic nitrogens is 5. The van der Waals surface area contributed by atoms with Crippen molar-refractivity contribution in [3.63, 3.8) is 0 Å². The normalized spacial score (nSPS) is 16.3. The van der Waals surface area contributed by atoms with Crippen LogP contribution in [0.2, 0.25) is 0 Å². The molecule has 2 N–H and O–H groups in total. The molecule has 2 aromatic carbocycles. The lowest BCUT2D eigenvalue weighted by atomic mass is 9.97. The van der Waals surface area contributed by atoms with E-state index in [0.717, 1.165) is 74.3 Å². The third-order valence-electron chi connectivity index (χ3n) is 11.3. The Morgan fingerprint density at radius 3 is 2.50 bits per heavy atom. The number of rotatable bonds is 8. The molecule has 0 saturated carbocycles. The van der Waals surface area contributed by atoms with Crippen molar-refractivity contribution in [1.29, 1.82) is 0 Å². The minimum atomic E-state index is -0.708. The number of piperidine rings is 1. The number of benzene rings is 2. The van der Waals surface area contributed by atoms with Gasteiger partial charge in [-0.2, -0.15) is 0 Å². The van der Waals surface area contributed by atoms with Gasteiger partial charge < -0.3 is 19.7 Å². The van der Waals surface area contributed by atoms with Crippen LogP contribution in [0.5, 0.6) is 0 Å². The molecule has 4 aromatic heterocycles.